The van der Waals surface area contributed by atoms with E-state index in [1.165, 1.54) is 0 Å². The standard InChI is InChI=1S/C11H22INO/c1-6-11(4,5)10(14)13-9(7-12)8(2)3/h8-9H,6-7H2,1-5H3,(H,13,14). The second kappa shape index (κ2) is 5.93. The molecule has 0 bridgehead atoms. The number of carbonyl (C=O) groups is 1. The summed E-state index contributed by atoms with van der Waals surface area (Å²) in [6.45, 7) is 10.3. The van der Waals surface area contributed by atoms with E-state index in [0.717, 1.165) is 10.8 Å². The number of amides is 1. The maximum absolute atomic E-state index is 11.9. The van der Waals surface area contributed by atoms with Crippen molar-refractivity contribution in [1.82, 2.24) is 5.32 Å². The lowest BCUT2D eigenvalue weighted by molar-refractivity contribution is -0.130. The first-order chi connectivity index (χ1) is 6.35. The highest BCUT2D eigenvalue weighted by Gasteiger charge is 2.27. The second-order valence-electron chi connectivity index (χ2n) is 4.72. The average molecular weight is 311 g/mol. The van der Waals surface area contributed by atoms with E-state index < -0.39 is 0 Å². The van der Waals surface area contributed by atoms with Crippen LogP contribution in [0.2, 0.25) is 0 Å². The molecule has 0 fully saturated rings. The van der Waals surface area contributed by atoms with Crippen LogP contribution in [-0.4, -0.2) is 16.4 Å². The normalized spacial score (nSPS) is 14.2. The number of hydrogen-bond donors (Lipinski definition) is 1. The Bertz CT molecular complexity index is 190. The highest BCUT2D eigenvalue weighted by Crippen LogP contribution is 2.20. The first-order valence-corrected chi connectivity index (χ1v) is 6.74. The van der Waals surface area contributed by atoms with E-state index in [4.69, 9.17) is 0 Å². The zero-order valence-electron chi connectivity index (χ0n) is 9.86. The van der Waals surface area contributed by atoms with Crippen LogP contribution in [0.5, 0.6) is 0 Å². The minimum Gasteiger partial charge on any atom is -0.352 e. The molecule has 1 amide bonds. The molecule has 1 N–H and O–H groups in total. The van der Waals surface area contributed by atoms with Gasteiger partial charge < -0.3 is 5.32 Å². The highest BCUT2D eigenvalue weighted by atomic mass is 127. The molecule has 14 heavy (non-hydrogen) atoms. The molecule has 0 saturated carbocycles. The molecule has 3 heteroatoms. The maximum Gasteiger partial charge on any atom is 0.225 e. The van der Waals surface area contributed by atoms with E-state index in [2.05, 4.69) is 41.8 Å². The lowest BCUT2D eigenvalue weighted by Gasteiger charge is -2.27. The number of alkyl halides is 1. The lowest BCUT2D eigenvalue weighted by Crippen LogP contribution is -2.45. The molecule has 0 saturated heterocycles. The van der Waals surface area contributed by atoms with Crippen LogP contribution in [0, 0.1) is 11.3 Å². The molecule has 0 aromatic rings. The van der Waals surface area contributed by atoms with Gasteiger partial charge in [0.2, 0.25) is 5.91 Å². The third-order valence-corrected chi connectivity index (χ3v) is 3.73. The fraction of sp³-hybridized carbons (Fsp3) is 0.909. The van der Waals surface area contributed by atoms with Crippen molar-refractivity contribution in [3.8, 4) is 0 Å². The number of carbonyl (C=O) groups excluding carboxylic acids is 1. The van der Waals surface area contributed by atoms with E-state index in [9.17, 15) is 4.79 Å². The van der Waals surface area contributed by atoms with Gasteiger partial charge >= 0.3 is 0 Å². The van der Waals surface area contributed by atoms with Crippen molar-refractivity contribution in [2.24, 2.45) is 11.3 Å². The Labute approximate surface area is 101 Å². The molecule has 1 atom stereocenters. The smallest absolute Gasteiger partial charge is 0.225 e. The molecule has 0 aliphatic carbocycles. The molecule has 0 rings (SSSR count). The molecular weight excluding hydrogens is 289 g/mol. The summed E-state index contributed by atoms with van der Waals surface area (Å²) in [4.78, 5) is 11.9. The first-order valence-electron chi connectivity index (χ1n) is 5.22. The van der Waals surface area contributed by atoms with Crippen molar-refractivity contribution in [1.29, 1.82) is 0 Å². The van der Waals surface area contributed by atoms with E-state index in [1.54, 1.807) is 0 Å². The predicted molar refractivity (Wildman–Crippen MR) is 69.7 cm³/mol. The summed E-state index contributed by atoms with van der Waals surface area (Å²) in [5.74, 6) is 0.680. The minimum absolute atomic E-state index is 0.176. The number of nitrogens with one attached hydrogen (secondary N) is 1. The van der Waals surface area contributed by atoms with Crippen molar-refractivity contribution in [2.45, 2.75) is 47.1 Å². The van der Waals surface area contributed by atoms with Gasteiger partial charge in [0.05, 0.1) is 0 Å². The SMILES string of the molecule is CCC(C)(C)C(=O)NC(CI)C(C)C. The van der Waals surface area contributed by atoms with Crippen LogP contribution in [0.15, 0.2) is 0 Å². The second-order valence-corrected chi connectivity index (χ2v) is 5.60. The Balaban J connectivity index is 4.30. The Kier molecular flexibility index (Phi) is 6.02. The van der Waals surface area contributed by atoms with Crippen molar-refractivity contribution in [2.75, 3.05) is 4.43 Å². The van der Waals surface area contributed by atoms with E-state index in [-0.39, 0.29) is 11.3 Å². The Morgan fingerprint density at radius 2 is 1.93 bits per heavy atom. The van der Waals surface area contributed by atoms with Gasteiger partial charge in [-0.1, -0.05) is 57.2 Å². The number of rotatable bonds is 5. The molecule has 1 unspecified atom stereocenters. The Hall–Kier alpha value is 0.200. The molecule has 0 aliphatic heterocycles. The van der Waals surface area contributed by atoms with Crippen molar-refractivity contribution >= 4 is 28.5 Å². The van der Waals surface area contributed by atoms with Crippen LogP contribution < -0.4 is 5.32 Å². The van der Waals surface area contributed by atoms with Gasteiger partial charge in [-0.25, -0.2) is 0 Å². The third-order valence-electron chi connectivity index (χ3n) is 2.79. The molecule has 0 heterocycles. The van der Waals surface area contributed by atoms with Gasteiger partial charge in [0, 0.05) is 15.9 Å². The lowest BCUT2D eigenvalue weighted by atomic mass is 9.88. The molecular formula is C11H22INO. The molecule has 0 aromatic heterocycles. The van der Waals surface area contributed by atoms with Gasteiger partial charge in [-0.2, -0.15) is 0 Å². The summed E-state index contributed by atoms with van der Waals surface area (Å²) in [5, 5.41) is 3.11. The monoisotopic (exact) mass is 311 g/mol. The predicted octanol–water partition coefficient (Wildman–Crippen LogP) is 3.00. The van der Waals surface area contributed by atoms with Gasteiger partial charge in [-0.05, 0) is 12.3 Å². The largest absolute Gasteiger partial charge is 0.352 e. The van der Waals surface area contributed by atoms with Gasteiger partial charge in [0.25, 0.3) is 0 Å². The van der Waals surface area contributed by atoms with E-state index >= 15 is 0 Å². The number of hydrogen-bond acceptors (Lipinski definition) is 1. The minimum atomic E-state index is -0.237. The fourth-order valence-corrected chi connectivity index (χ4v) is 2.14. The van der Waals surface area contributed by atoms with Crippen LogP contribution in [0.3, 0.4) is 0 Å². The summed E-state index contributed by atoms with van der Waals surface area (Å²) in [7, 11) is 0. The van der Waals surface area contributed by atoms with Crippen molar-refractivity contribution < 1.29 is 4.79 Å². The summed E-state index contributed by atoms with van der Waals surface area (Å²) < 4.78 is 0.973. The Morgan fingerprint density at radius 3 is 2.21 bits per heavy atom. The van der Waals surface area contributed by atoms with E-state index in [0.29, 0.717) is 12.0 Å². The molecule has 0 spiro atoms. The topological polar surface area (TPSA) is 29.1 Å². The molecule has 2 nitrogen and oxygen atoms in total. The van der Waals surface area contributed by atoms with Crippen LogP contribution in [0.4, 0.5) is 0 Å². The average Bonchev–Trinajstić information content (AvgIpc) is 2.12. The van der Waals surface area contributed by atoms with Crippen LogP contribution in [-0.2, 0) is 4.79 Å². The van der Waals surface area contributed by atoms with Gasteiger partial charge in [-0.15, -0.1) is 0 Å². The van der Waals surface area contributed by atoms with Crippen LogP contribution in [0.1, 0.15) is 41.0 Å². The van der Waals surface area contributed by atoms with Crippen LogP contribution >= 0.6 is 22.6 Å². The summed E-state index contributed by atoms with van der Waals surface area (Å²) in [6.07, 6.45) is 0.880. The maximum atomic E-state index is 11.9. The van der Waals surface area contributed by atoms with Gasteiger partial charge in [-0.3, -0.25) is 4.79 Å². The summed E-state index contributed by atoms with van der Waals surface area (Å²) in [5.41, 5.74) is -0.237. The van der Waals surface area contributed by atoms with Gasteiger partial charge in [0.1, 0.15) is 0 Å². The van der Waals surface area contributed by atoms with Gasteiger partial charge in [0.15, 0.2) is 0 Å². The van der Waals surface area contributed by atoms with Crippen molar-refractivity contribution in [3.05, 3.63) is 0 Å². The molecule has 84 valence electrons. The van der Waals surface area contributed by atoms with Crippen LogP contribution in [0.25, 0.3) is 0 Å². The zero-order valence-corrected chi connectivity index (χ0v) is 12.0. The summed E-state index contributed by atoms with van der Waals surface area (Å²) >= 11 is 2.32. The quantitative estimate of drug-likeness (QED) is 0.614. The molecule has 0 aliphatic rings. The molecule has 0 radical (unpaired) electrons. The fourth-order valence-electron chi connectivity index (χ4n) is 0.908. The highest BCUT2D eigenvalue weighted by molar-refractivity contribution is 14.1. The Morgan fingerprint density at radius 1 is 1.43 bits per heavy atom. The van der Waals surface area contributed by atoms with E-state index in [1.807, 2.05) is 20.8 Å². The third kappa shape index (κ3) is 4.15. The zero-order chi connectivity index (χ0) is 11.4. The van der Waals surface area contributed by atoms with Crippen molar-refractivity contribution in [3.63, 3.8) is 0 Å². The summed E-state index contributed by atoms with van der Waals surface area (Å²) in [6, 6.07) is 0.300. The number of halogens is 1. The first kappa shape index (κ1) is 14.2. The molecule has 0 aromatic carbocycles.